The molecule has 13 heavy (non-hydrogen) atoms. The average molecular weight is 176 g/mol. The SMILES string of the molecule is [C-]#[N+]c1cnc(C(C)=O)cc1OC. The average Bonchev–Trinajstić information content (AvgIpc) is 2.16. The molecule has 0 saturated carbocycles. The van der Waals surface area contributed by atoms with Gasteiger partial charge >= 0.3 is 0 Å². The van der Waals surface area contributed by atoms with Gasteiger partial charge in [0.05, 0.1) is 13.7 Å². The third-order valence-corrected chi connectivity index (χ3v) is 1.55. The Bertz CT molecular complexity index is 380. The second-order valence-corrected chi connectivity index (χ2v) is 2.41. The van der Waals surface area contributed by atoms with Crippen LogP contribution in [0.15, 0.2) is 12.3 Å². The van der Waals surface area contributed by atoms with E-state index in [1.165, 1.54) is 26.3 Å². The molecule has 4 nitrogen and oxygen atoms in total. The van der Waals surface area contributed by atoms with Gasteiger partial charge in [-0.25, -0.2) is 4.85 Å². The summed E-state index contributed by atoms with van der Waals surface area (Å²) in [5.41, 5.74) is 0.622. The fraction of sp³-hybridized carbons (Fsp3) is 0.222. The Labute approximate surface area is 76.0 Å². The molecule has 0 saturated heterocycles. The Morgan fingerprint density at radius 2 is 2.38 bits per heavy atom. The van der Waals surface area contributed by atoms with Crippen LogP contribution < -0.4 is 4.74 Å². The molecule has 0 bridgehead atoms. The fourth-order valence-electron chi connectivity index (χ4n) is 0.870. The van der Waals surface area contributed by atoms with E-state index in [0.717, 1.165) is 0 Å². The molecular formula is C9H8N2O2. The molecule has 1 rings (SSSR count). The van der Waals surface area contributed by atoms with Crippen molar-refractivity contribution in [2.45, 2.75) is 6.92 Å². The third-order valence-electron chi connectivity index (χ3n) is 1.55. The normalized spacial score (nSPS) is 9.00. The van der Waals surface area contributed by atoms with Gasteiger partial charge in [-0.2, -0.15) is 0 Å². The molecule has 0 aromatic carbocycles. The molecule has 0 atom stereocenters. The van der Waals surface area contributed by atoms with Gasteiger partial charge in [0.15, 0.2) is 5.78 Å². The summed E-state index contributed by atoms with van der Waals surface area (Å²) in [4.78, 5) is 17.9. The molecule has 66 valence electrons. The molecule has 1 aromatic rings. The van der Waals surface area contributed by atoms with Gasteiger partial charge < -0.3 is 4.74 Å². The number of ketones is 1. The minimum absolute atomic E-state index is 0.144. The van der Waals surface area contributed by atoms with E-state index in [1.807, 2.05) is 0 Å². The van der Waals surface area contributed by atoms with Crippen molar-refractivity contribution in [1.29, 1.82) is 0 Å². The highest BCUT2D eigenvalue weighted by Gasteiger charge is 2.07. The summed E-state index contributed by atoms with van der Waals surface area (Å²) in [7, 11) is 1.45. The van der Waals surface area contributed by atoms with E-state index in [4.69, 9.17) is 11.3 Å². The molecule has 4 heteroatoms. The van der Waals surface area contributed by atoms with Gasteiger partial charge in [-0.1, -0.05) is 0 Å². The van der Waals surface area contributed by atoms with E-state index in [0.29, 0.717) is 17.1 Å². The first-order chi connectivity index (χ1) is 6.19. The maximum atomic E-state index is 10.9. The summed E-state index contributed by atoms with van der Waals surface area (Å²) in [6.07, 6.45) is 1.34. The van der Waals surface area contributed by atoms with Crippen LogP contribution in [0.3, 0.4) is 0 Å². The number of hydrogen-bond donors (Lipinski definition) is 0. The van der Waals surface area contributed by atoms with Crippen LogP contribution in [0.5, 0.6) is 5.75 Å². The lowest BCUT2D eigenvalue weighted by atomic mass is 10.2. The van der Waals surface area contributed by atoms with E-state index >= 15 is 0 Å². The summed E-state index contributed by atoms with van der Waals surface area (Å²) in [5.74, 6) is 0.241. The van der Waals surface area contributed by atoms with Crippen molar-refractivity contribution in [1.82, 2.24) is 4.98 Å². The van der Waals surface area contributed by atoms with Crippen LogP contribution in [0, 0.1) is 6.57 Å². The van der Waals surface area contributed by atoms with Crippen LogP contribution in [0.2, 0.25) is 0 Å². The highest BCUT2D eigenvalue weighted by atomic mass is 16.5. The minimum Gasteiger partial charge on any atom is -0.508 e. The van der Waals surface area contributed by atoms with Gasteiger partial charge in [0.25, 0.3) is 0 Å². The van der Waals surface area contributed by atoms with Crippen LogP contribution in [0.25, 0.3) is 4.85 Å². The number of carbonyl (C=O) groups is 1. The highest BCUT2D eigenvalue weighted by molar-refractivity contribution is 5.93. The highest BCUT2D eigenvalue weighted by Crippen LogP contribution is 2.26. The molecule has 0 N–H and O–H groups in total. The Morgan fingerprint density at radius 1 is 1.69 bits per heavy atom. The summed E-state index contributed by atoms with van der Waals surface area (Å²) in [6.45, 7) is 8.20. The summed E-state index contributed by atoms with van der Waals surface area (Å²) < 4.78 is 4.92. The standard InChI is InChI=1S/C9H8N2O2/c1-6(12)7-4-9(13-3)8(10-2)5-11-7/h4-5H,1,3H3. The second-order valence-electron chi connectivity index (χ2n) is 2.41. The van der Waals surface area contributed by atoms with Crippen LogP contribution in [0.4, 0.5) is 5.69 Å². The van der Waals surface area contributed by atoms with E-state index in [1.54, 1.807) is 0 Å². The first-order valence-corrected chi connectivity index (χ1v) is 3.61. The first kappa shape index (κ1) is 9.20. The van der Waals surface area contributed by atoms with Crippen LogP contribution in [-0.2, 0) is 0 Å². The number of methoxy groups -OCH3 is 1. The molecule has 0 aliphatic carbocycles. The molecule has 1 aromatic heterocycles. The monoisotopic (exact) mass is 176 g/mol. The van der Waals surface area contributed by atoms with E-state index in [-0.39, 0.29) is 5.78 Å². The number of rotatable bonds is 2. The van der Waals surface area contributed by atoms with Gasteiger partial charge in [0.1, 0.15) is 11.4 Å². The minimum atomic E-state index is -0.144. The number of Topliss-reactive ketones (excluding diaryl/α,β-unsaturated/α-hetero) is 1. The summed E-state index contributed by atoms with van der Waals surface area (Å²) in [5, 5.41) is 0. The maximum absolute atomic E-state index is 10.9. The molecule has 0 aliphatic rings. The quantitative estimate of drug-likeness (QED) is 0.510. The van der Waals surface area contributed by atoms with Gasteiger partial charge in [-0.15, -0.1) is 0 Å². The molecular weight excluding hydrogens is 168 g/mol. The Balaban J connectivity index is 3.23. The third kappa shape index (κ3) is 1.82. The molecule has 0 unspecified atom stereocenters. The maximum Gasteiger partial charge on any atom is 0.245 e. The lowest BCUT2D eigenvalue weighted by Crippen LogP contribution is -1.96. The van der Waals surface area contributed by atoms with Gasteiger partial charge in [0, 0.05) is 13.1 Å². The molecule has 0 fully saturated rings. The predicted octanol–water partition coefficient (Wildman–Crippen LogP) is 1.84. The molecule has 1 heterocycles. The summed E-state index contributed by atoms with van der Waals surface area (Å²) in [6, 6.07) is 1.47. The van der Waals surface area contributed by atoms with Crippen molar-refractivity contribution < 1.29 is 9.53 Å². The number of pyridine rings is 1. The zero-order chi connectivity index (χ0) is 9.84. The van der Waals surface area contributed by atoms with E-state index in [2.05, 4.69) is 9.83 Å². The Morgan fingerprint density at radius 3 is 2.85 bits per heavy atom. The largest absolute Gasteiger partial charge is 0.508 e. The van der Waals surface area contributed by atoms with Crippen molar-refractivity contribution in [3.63, 3.8) is 0 Å². The number of carbonyl (C=O) groups excluding carboxylic acids is 1. The number of hydrogen-bond acceptors (Lipinski definition) is 3. The molecule has 0 aliphatic heterocycles. The van der Waals surface area contributed by atoms with Gasteiger partial charge in [-0.05, 0) is 6.07 Å². The lowest BCUT2D eigenvalue weighted by Gasteiger charge is -2.02. The zero-order valence-electron chi connectivity index (χ0n) is 7.37. The lowest BCUT2D eigenvalue weighted by molar-refractivity contribution is 0.101. The van der Waals surface area contributed by atoms with Crippen LogP contribution in [0.1, 0.15) is 17.4 Å². The van der Waals surface area contributed by atoms with E-state index < -0.39 is 0 Å². The van der Waals surface area contributed by atoms with Crippen LogP contribution >= 0.6 is 0 Å². The van der Waals surface area contributed by atoms with Crippen LogP contribution in [-0.4, -0.2) is 17.9 Å². The Kier molecular flexibility index (Phi) is 2.60. The van der Waals surface area contributed by atoms with Gasteiger partial charge in [-0.3, -0.25) is 9.78 Å². The predicted molar refractivity (Wildman–Crippen MR) is 47.1 cm³/mol. The van der Waals surface area contributed by atoms with Crippen molar-refractivity contribution in [3.05, 3.63) is 29.4 Å². The molecule has 0 amide bonds. The van der Waals surface area contributed by atoms with Gasteiger partial charge in [0.2, 0.25) is 5.69 Å². The second kappa shape index (κ2) is 3.68. The van der Waals surface area contributed by atoms with E-state index in [9.17, 15) is 4.79 Å². The number of aromatic nitrogens is 1. The molecule has 0 spiro atoms. The number of ether oxygens (including phenoxy) is 1. The van der Waals surface area contributed by atoms with Crippen molar-refractivity contribution in [2.75, 3.05) is 7.11 Å². The Hall–Kier alpha value is -1.89. The topological polar surface area (TPSA) is 43.5 Å². The first-order valence-electron chi connectivity index (χ1n) is 3.61. The summed E-state index contributed by atoms with van der Waals surface area (Å²) >= 11 is 0. The van der Waals surface area contributed by atoms with Crippen molar-refractivity contribution in [2.24, 2.45) is 0 Å². The van der Waals surface area contributed by atoms with Crippen molar-refractivity contribution >= 4 is 11.5 Å². The molecule has 0 radical (unpaired) electrons. The smallest absolute Gasteiger partial charge is 0.245 e. The zero-order valence-corrected chi connectivity index (χ0v) is 7.37. The number of nitrogens with zero attached hydrogens (tertiary/aromatic N) is 2. The van der Waals surface area contributed by atoms with Crippen molar-refractivity contribution in [3.8, 4) is 5.75 Å². The fourth-order valence-corrected chi connectivity index (χ4v) is 0.870.